The van der Waals surface area contributed by atoms with Crippen molar-refractivity contribution in [2.24, 2.45) is 0 Å². The third-order valence-corrected chi connectivity index (χ3v) is 3.03. The highest BCUT2D eigenvalue weighted by Crippen LogP contribution is 2.20. The molecule has 0 saturated carbocycles. The average Bonchev–Trinajstić information content (AvgIpc) is 2.46. The molecule has 0 fully saturated rings. The maximum atomic E-state index is 12.9. The number of hydrogen-bond donors (Lipinski definition) is 0. The molecule has 2 aromatic carbocycles. The highest BCUT2D eigenvalue weighted by Gasteiger charge is 2.14. The van der Waals surface area contributed by atoms with Crippen molar-refractivity contribution in [1.82, 2.24) is 0 Å². The summed E-state index contributed by atoms with van der Waals surface area (Å²) in [5.74, 6) is -1.20. The fourth-order valence-corrected chi connectivity index (χ4v) is 1.95. The quantitative estimate of drug-likeness (QED) is 0.616. The Bertz CT molecular complexity index is 636. The van der Waals surface area contributed by atoms with E-state index in [2.05, 4.69) is 0 Å². The molecule has 21 heavy (non-hydrogen) atoms. The standard InChI is InChI=1S/C16H13F2NO2/c17-15-7-2-12(3-8-15)1-4-14(11-19(20)21)13-5-9-16(18)10-6-13/h1-10,14H,11H2/b4-1+/t14-/m0/s1. The number of halogens is 2. The molecule has 0 unspecified atom stereocenters. The van der Waals surface area contributed by atoms with Crippen LogP contribution in [-0.2, 0) is 0 Å². The monoisotopic (exact) mass is 289 g/mol. The van der Waals surface area contributed by atoms with Gasteiger partial charge in [-0.25, -0.2) is 8.78 Å². The molecule has 108 valence electrons. The van der Waals surface area contributed by atoms with E-state index in [4.69, 9.17) is 0 Å². The molecule has 0 bridgehead atoms. The second-order valence-corrected chi connectivity index (χ2v) is 4.58. The Balaban J connectivity index is 2.21. The summed E-state index contributed by atoms with van der Waals surface area (Å²) in [6.07, 6.45) is 3.36. The third kappa shape index (κ3) is 4.49. The lowest BCUT2D eigenvalue weighted by Crippen LogP contribution is -2.10. The minimum absolute atomic E-state index is 0.288. The SMILES string of the molecule is O=[N+]([O-])C[C@H](/C=C/c1ccc(F)cc1)c1ccc(F)cc1. The molecule has 0 aliphatic rings. The van der Waals surface area contributed by atoms with Gasteiger partial charge in [-0.05, 0) is 35.4 Å². The molecule has 0 spiro atoms. The average molecular weight is 289 g/mol. The summed E-state index contributed by atoms with van der Waals surface area (Å²) in [6, 6.07) is 11.4. The van der Waals surface area contributed by atoms with Gasteiger partial charge >= 0.3 is 0 Å². The predicted molar refractivity (Wildman–Crippen MR) is 76.4 cm³/mol. The van der Waals surface area contributed by atoms with Gasteiger partial charge in [-0.3, -0.25) is 10.1 Å². The van der Waals surface area contributed by atoms with E-state index in [9.17, 15) is 18.9 Å². The molecule has 0 heterocycles. The van der Waals surface area contributed by atoms with E-state index in [1.54, 1.807) is 24.3 Å². The largest absolute Gasteiger partial charge is 0.265 e. The van der Waals surface area contributed by atoms with E-state index in [-0.39, 0.29) is 18.2 Å². The summed E-state index contributed by atoms with van der Waals surface area (Å²) in [7, 11) is 0. The first kappa shape index (κ1) is 14.8. The Morgan fingerprint density at radius 2 is 1.52 bits per heavy atom. The maximum Gasteiger partial charge on any atom is 0.214 e. The van der Waals surface area contributed by atoms with Crippen LogP contribution in [0.25, 0.3) is 6.08 Å². The Labute approximate surface area is 120 Å². The van der Waals surface area contributed by atoms with Gasteiger partial charge in [-0.1, -0.05) is 36.4 Å². The Morgan fingerprint density at radius 3 is 2.05 bits per heavy atom. The second kappa shape index (κ2) is 6.74. The number of nitrogens with zero attached hydrogens (tertiary/aromatic N) is 1. The second-order valence-electron chi connectivity index (χ2n) is 4.58. The Hall–Kier alpha value is -2.56. The minimum atomic E-state index is -0.467. The Morgan fingerprint density at radius 1 is 1.00 bits per heavy atom. The summed E-state index contributed by atoms with van der Waals surface area (Å²) < 4.78 is 25.7. The van der Waals surface area contributed by atoms with Crippen LogP contribution < -0.4 is 0 Å². The molecular weight excluding hydrogens is 276 g/mol. The maximum absolute atomic E-state index is 12.9. The Kier molecular flexibility index (Phi) is 4.77. The number of rotatable bonds is 5. The van der Waals surface area contributed by atoms with Gasteiger partial charge in [-0.2, -0.15) is 0 Å². The first-order valence-corrected chi connectivity index (χ1v) is 6.35. The van der Waals surface area contributed by atoms with Crippen molar-refractivity contribution in [3.05, 3.63) is 87.5 Å². The lowest BCUT2D eigenvalue weighted by atomic mass is 9.98. The minimum Gasteiger partial charge on any atom is -0.265 e. The molecule has 5 heteroatoms. The van der Waals surface area contributed by atoms with E-state index >= 15 is 0 Å². The number of nitro groups is 1. The summed E-state index contributed by atoms with van der Waals surface area (Å²) in [6.45, 7) is -0.288. The normalized spacial score (nSPS) is 12.5. The summed E-state index contributed by atoms with van der Waals surface area (Å²) in [5, 5.41) is 10.8. The summed E-state index contributed by atoms with van der Waals surface area (Å²) in [5.41, 5.74) is 1.40. The van der Waals surface area contributed by atoms with Crippen molar-refractivity contribution < 1.29 is 13.7 Å². The van der Waals surface area contributed by atoms with Gasteiger partial charge in [0.1, 0.15) is 11.6 Å². The fraction of sp³-hybridized carbons (Fsp3) is 0.125. The molecule has 0 aliphatic carbocycles. The predicted octanol–water partition coefficient (Wildman–Crippen LogP) is 4.04. The molecule has 0 aliphatic heterocycles. The lowest BCUT2D eigenvalue weighted by Gasteiger charge is -2.08. The van der Waals surface area contributed by atoms with Crippen LogP contribution in [0, 0.1) is 21.7 Å². The van der Waals surface area contributed by atoms with Crippen LogP contribution >= 0.6 is 0 Å². The van der Waals surface area contributed by atoms with Crippen molar-refractivity contribution in [3.63, 3.8) is 0 Å². The third-order valence-electron chi connectivity index (χ3n) is 3.03. The van der Waals surface area contributed by atoms with Crippen LogP contribution in [0.2, 0.25) is 0 Å². The van der Waals surface area contributed by atoms with Crippen LogP contribution in [0.5, 0.6) is 0 Å². The molecule has 3 nitrogen and oxygen atoms in total. The van der Waals surface area contributed by atoms with Crippen LogP contribution in [0.15, 0.2) is 54.6 Å². The fourth-order valence-electron chi connectivity index (χ4n) is 1.95. The van der Waals surface area contributed by atoms with Crippen LogP contribution in [0.4, 0.5) is 8.78 Å². The zero-order chi connectivity index (χ0) is 15.2. The number of hydrogen-bond acceptors (Lipinski definition) is 2. The molecule has 0 N–H and O–H groups in total. The zero-order valence-electron chi connectivity index (χ0n) is 11.1. The highest BCUT2D eigenvalue weighted by atomic mass is 19.1. The van der Waals surface area contributed by atoms with Crippen molar-refractivity contribution in [2.45, 2.75) is 5.92 Å². The number of benzene rings is 2. The topological polar surface area (TPSA) is 43.1 Å². The van der Waals surface area contributed by atoms with Gasteiger partial charge in [-0.15, -0.1) is 0 Å². The van der Waals surface area contributed by atoms with E-state index in [0.29, 0.717) is 5.56 Å². The van der Waals surface area contributed by atoms with E-state index in [1.165, 1.54) is 36.4 Å². The smallest absolute Gasteiger partial charge is 0.214 e. The molecule has 2 aromatic rings. The van der Waals surface area contributed by atoms with Crippen LogP contribution in [0.1, 0.15) is 17.0 Å². The van der Waals surface area contributed by atoms with Gasteiger partial charge in [0, 0.05) is 4.92 Å². The summed E-state index contributed by atoms with van der Waals surface area (Å²) in [4.78, 5) is 10.3. The summed E-state index contributed by atoms with van der Waals surface area (Å²) >= 11 is 0. The van der Waals surface area contributed by atoms with E-state index < -0.39 is 10.8 Å². The van der Waals surface area contributed by atoms with Crippen molar-refractivity contribution in [1.29, 1.82) is 0 Å². The molecule has 2 rings (SSSR count). The van der Waals surface area contributed by atoms with Gasteiger partial charge in [0.25, 0.3) is 0 Å². The molecule has 1 atom stereocenters. The van der Waals surface area contributed by atoms with Crippen LogP contribution in [-0.4, -0.2) is 11.5 Å². The van der Waals surface area contributed by atoms with Gasteiger partial charge < -0.3 is 0 Å². The zero-order valence-corrected chi connectivity index (χ0v) is 11.1. The highest BCUT2D eigenvalue weighted by molar-refractivity contribution is 5.50. The first-order valence-electron chi connectivity index (χ1n) is 6.35. The molecular formula is C16H13F2NO2. The van der Waals surface area contributed by atoms with E-state index in [0.717, 1.165) is 5.56 Å². The van der Waals surface area contributed by atoms with Crippen molar-refractivity contribution in [3.8, 4) is 0 Å². The molecule has 0 amide bonds. The van der Waals surface area contributed by atoms with Gasteiger partial charge in [0.05, 0.1) is 5.92 Å². The lowest BCUT2D eigenvalue weighted by molar-refractivity contribution is -0.481. The van der Waals surface area contributed by atoms with Crippen molar-refractivity contribution >= 4 is 6.08 Å². The molecule has 0 saturated heterocycles. The van der Waals surface area contributed by atoms with Crippen molar-refractivity contribution in [2.75, 3.05) is 6.54 Å². The molecule has 0 radical (unpaired) electrons. The first-order chi connectivity index (χ1) is 10.0. The van der Waals surface area contributed by atoms with Crippen LogP contribution in [0.3, 0.4) is 0 Å². The van der Waals surface area contributed by atoms with E-state index in [1.807, 2.05) is 0 Å². The van der Waals surface area contributed by atoms with Gasteiger partial charge in [0.15, 0.2) is 0 Å². The molecule has 0 aromatic heterocycles. The van der Waals surface area contributed by atoms with Gasteiger partial charge in [0.2, 0.25) is 6.54 Å².